The summed E-state index contributed by atoms with van der Waals surface area (Å²) in [5.74, 6) is -0.929. The zero-order chi connectivity index (χ0) is 18.3. The van der Waals surface area contributed by atoms with Crippen LogP contribution in [0.1, 0.15) is 38.7 Å². The molecule has 1 unspecified atom stereocenters. The van der Waals surface area contributed by atoms with Crippen LogP contribution in [0.5, 0.6) is 0 Å². The zero-order valence-corrected chi connectivity index (χ0v) is 15.0. The molecule has 0 amide bonds. The molecule has 134 valence electrons. The Hall–Kier alpha value is -2.36. The van der Waals surface area contributed by atoms with Crippen molar-refractivity contribution < 1.29 is 19.1 Å². The quantitative estimate of drug-likeness (QED) is 0.424. The monoisotopic (exact) mass is 342 g/mol. The number of carbonyl (C=O) groups is 2. The van der Waals surface area contributed by atoms with Crippen LogP contribution in [-0.2, 0) is 19.1 Å². The van der Waals surface area contributed by atoms with Crippen LogP contribution in [0, 0.1) is 11.3 Å². The number of benzene rings is 1. The summed E-state index contributed by atoms with van der Waals surface area (Å²) in [6.07, 6.45) is 5.53. The van der Waals surface area contributed by atoms with Gasteiger partial charge in [0, 0.05) is 0 Å². The Labute approximate surface area is 149 Å². The number of hydrogen-bond acceptors (Lipinski definition) is 4. The summed E-state index contributed by atoms with van der Waals surface area (Å²) in [5, 5.41) is 0. The van der Waals surface area contributed by atoms with Crippen LogP contribution < -0.4 is 0 Å². The molecule has 0 aromatic heterocycles. The van der Waals surface area contributed by atoms with Crippen molar-refractivity contribution in [2.24, 2.45) is 11.3 Å². The van der Waals surface area contributed by atoms with E-state index in [1.54, 1.807) is 13.8 Å². The lowest BCUT2D eigenvalue weighted by atomic mass is 9.84. The van der Waals surface area contributed by atoms with Crippen LogP contribution in [0.4, 0.5) is 0 Å². The number of esters is 2. The minimum atomic E-state index is -1.24. The molecule has 1 atom stereocenters. The Morgan fingerprint density at radius 3 is 2.32 bits per heavy atom. The maximum atomic E-state index is 12.5. The molecule has 2 rings (SSSR count). The fourth-order valence-corrected chi connectivity index (χ4v) is 3.28. The summed E-state index contributed by atoms with van der Waals surface area (Å²) in [6, 6.07) is 10.0. The first-order valence-corrected chi connectivity index (χ1v) is 8.77. The molecule has 1 fully saturated rings. The van der Waals surface area contributed by atoms with Gasteiger partial charge in [0.05, 0.1) is 13.2 Å². The van der Waals surface area contributed by atoms with Gasteiger partial charge in [0.15, 0.2) is 5.41 Å². The first-order chi connectivity index (χ1) is 12.0. The Morgan fingerprint density at radius 2 is 1.76 bits per heavy atom. The van der Waals surface area contributed by atoms with Crippen LogP contribution >= 0.6 is 0 Å². The average molecular weight is 342 g/mol. The highest BCUT2D eigenvalue weighted by Gasteiger charge is 2.54. The van der Waals surface area contributed by atoms with E-state index in [-0.39, 0.29) is 19.1 Å². The molecule has 0 spiro atoms. The van der Waals surface area contributed by atoms with Crippen molar-refractivity contribution in [3.05, 3.63) is 54.1 Å². The van der Waals surface area contributed by atoms with Gasteiger partial charge in [-0.25, -0.2) is 0 Å². The van der Waals surface area contributed by atoms with Crippen molar-refractivity contribution in [1.29, 1.82) is 0 Å². The molecule has 25 heavy (non-hydrogen) atoms. The Balaban J connectivity index is 2.11. The van der Waals surface area contributed by atoms with E-state index in [4.69, 9.17) is 9.47 Å². The third-order valence-electron chi connectivity index (χ3n) is 4.56. The molecular weight excluding hydrogens is 316 g/mol. The summed E-state index contributed by atoms with van der Waals surface area (Å²) >= 11 is 0. The van der Waals surface area contributed by atoms with E-state index < -0.39 is 17.4 Å². The molecule has 1 aliphatic rings. The maximum absolute atomic E-state index is 12.5. The van der Waals surface area contributed by atoms with Gasteiger partial charge in [-0.1, -0.05) is 54.6 Å². The lowest BCUT2D eigenvalue weighted by Gasteiger charge is -2.24. The number of allylic oxidation sites excluding steroid dienone is 2. The van der Waals surface area contributed by atoms with Crippen LogP contribution in [0.2, 0.25) is 0 Å². The molecule has 0 saturated heterocycles. The maximum Gasteiger partial charge on any atom is 0.323 e. The minimum absolute atomic E-state index is 0.0637. The third kappa shape index (κ3) is 4.38. The van der Waals surface area contributed by atoms with Gasteiger partial charge in [0.2, 0.25) is 0 Å². The number of ether oxygens (including phenoxy) is 2. The second-order valence-corrected chi connectivity index (χ2v) is 6.31. The molecule has 0 aliphatic heterocycles. The molecule has 1 saturated carbocycles. The molecule has 0 bridgehead atoms. The van der Waals surface area contributed by atoms with Gasteiger partial charge in [0.1, 0.15) is 0 Å². The van der Waals surface area contributed by atoms with Crippen molar-refractivity contribution in [2.75, 3.05) is 13.2 Å². The summed E-state index contributed by atoms with van der Waals surface area (Å²) in [7, 11) is 0. The fourth-order valence-electron chi connectivity index (χ4n) is 3.28. The van der Waals surface area contributed by atoms with Crippen molar-refractivity contribution in [3.63, 3.8) is 0 Å². The standard InChI is InChI=1S/C21H26O4/c1-4-24-19(22)21(20(23)25-5-2)14-16(3)18(15-21)13-9-12-17-10-7-6-8-11-17/h6-12,18H,3-5,13-15H2,1-2H3/b12-9+. The number of hydrogen-bond donors (Lipinski definition) is 0. The van der Waals surface area contributed by atoms with Gasteiger partial charge < -0.3 is 9.47 Å². The summed E-state index contributed by atoms with van der Waals surface area (Å²) in [4.78, 5) is 25.0. The lowest BCUT2D eigenvalue weighted by Crippen LogP contribution is -2.40. The molecule has 4 nitrogen and oxygen atoms in total. The predicted octanol–water partition coefficient (Wildman–Crippen LogP) is 4.17. The predicted molar refractivity (Wildman–Crippen MR) is 97.7 cm³/mol. The Morgan fingerprint density at radius 1 is 1.16 bits per heavy atom. The van der Waals surface area contributed by atoms with Crippen LogP contribution in [0.15, 0.2) is 48.6 Å². The summed E-state index contributed by atoms with van der Waals surface area (Å²) < 4.78 is 10.3. The molecular formula is C21H26O4. The van der Waals surface area contributed by atoms with Crippen LogP contribution in [-0.4, -0.2) is 25.2 Å². The second-order valence-electron chi connectivity index (χ2n) is 6.31. The van der Waals surface area contributed by atoms with E-state index in [1.165, 1.54) is 0 Å². The normalized spacial score (nSPS) is 19.1. The van der Waals surface area contributed by atoms with Crippen molar-refractivity contribution in [3.8, 4) is 0 Å². The van der Waals surface area contributed by atoms with Gasteiger partial charge in [-0.3, -0.25) is 9.59 Å². The van der Waals surface area contributed by atoms with Crippen LogP contribution in [0.3, 0.4) is 0 Å². The summed E-state index contributed by atoms with van der Waals surface area (Å²) in [5.41, 5.74) is 0.779. The molecule has 1 aromatic rings. The third-order valence-corrected chi connectivity index (χ3v) is 4.56. The topological polar surface area (TPSA) is 52.6 Å². The van der Waals surface area contributed by atoms with E-state index >= 15 is 0 Å². The second kappa shape index (κ2) is 8.65. The first kappa shape index (κ1) is 19.0. The minimum Gasteiger partial charge on any atom is -0.465 e. The van der Waals surface area contributed by atoms with Crippen molar-refractivity contribution in [1.82, 2.24) is 0 Å². The van der Waals surface area contributed by atoms with E-state index in [1.807, 2.05) is 36.4 Å². The molecule has 4 heteroatoms. The highest BCUT2D eigenvalue weighted by atomic mass is 16.6. The van der Waals surface area contributed by atoms with E-state index in [0.29, 0.717) is 12.8 Å². The zero-order valence-electron chi connectivity index (χ0n) is 15.0. The van der Waals surface area contributed by atoms with Crippen LogP contribution in [0.25, 0.3) is 6.08 Å². The van der Waals surface area contributed by atoms with E-state index in [9.17, 15) is 9.59 Å². The van der Waals surface area contributed by atoms with Gasteiger partial charge in [-0.15, -0.1) is 0 Å². The molecule has 0 N–H and O–H groups in total. The number of rotatable bonds is 7. The molecule has 1 aromatic carbocycles. The highest BCUT2D eigenvalue weighted by molar-refractivity contribution is 6.01. The van der Waals surface area contributed by atoms with Gasteiger partial charge in [-0.05, 0) is 44.6 Å². The van der Waals surface area contributed by atoms with Gasteiger partial charge in [0.25, 0.3) is 0 Å². The van der Waals surface area contributed by atoms with Gasteiger partial charge >= 0.3 is 11.9 Å². The lowest BCUT2D eigenvalue weighted by molar-refractivity contribution is -0.171. The number of carbonyl (C=O) groups excluding carboxylic acids is 2. The average Bonchev–Trinajstić information content (AvgIpc) is 2.94. The molecule has 0 radical (unpaired) electrons. The molecule has 0 heterocycles. The van der Waals surface area contributed by atoms with Crippen molar-refractivity contribution in [2.45, 2.75) is 33.1 Å². The summed E-state index contributed by atoms with van der Waals surface area (Å²) in [6.45, 7) is 8.05. The fraction of sp³-hybridized carbons (Fsp3) is 0.429. The van der Waals surface area contributed by atoms with Gasteiger partial charge in [-0.2, -0.15) is 0 Å². The van der Waals surface area contributed by atoms with E-state index in [0.717, 1.165) is 17.6 Å². The Kier molecular flexibility index (Phi) is 6.57. The Bertz CT molecular complexity index is 627. The highest BCUT2D eigenvalue weighted by Crippen LogP contribution is 2.48. The van der Waals surface area contributed by atoms with Crippen molar-refractivity contribution >= 4 is 18.0 Å². The largest absolute Gasteiger partial charge is 0.465 e. The SMILES string of the molecule is C=C1CC(C(=O)OCC)(C(=O)OCC)CC1C/C=C/c1ccccc1. The smallest absolute Gasteiger partial charge is 0.323 e. The molecule has 1 aliphatic carbocycles. The van der Waals surface area contributed by atoms with E-state index in [2.05, 4.69) is 12.7 Å². The first-order valence-electron chi connectivity index (χ1n) is 8.77.